The first-order valence-corrected chi connectivity index (χ1v) is 11.6. The first kappa shape index (κ1) is 22.0. The molecule has 2 amide bonds. The lowest BCUT2D eigenvalue weighted by atomic mass is 9.80. The molecule has 1 aliphatic carbocycles. The van der Waals surface area contributed by atoms with Crippen molar-refractivity contribution in [3.8, 4) is 0 Å². The molecule has 0 spiro atoms. The van der Waals surface area contributed by atoms with Crippen molar-refractivity contribution < 1.29 is 19.1 Å². The summed E-state index contributed by atoms with van der Waals surface area (Å²) in [5, 5.41) is 6.88. The lowest BCUT2D eigenvalue weighted by molar-refractivity contribution is -0.146. The molecule has 0 aliphatic heterocycles. The minimum absolute atomic E-state index is 0.266. The highest BCUT2D eigenvalue weighted by molar-refractivity contribution is 7.20. The average molecular weight is 451 g/mol. The zero-order chi connectivity index (χ0) is 22.6. The Labute approximate surface area is 191 Å². The average Bonchev–Trinajstić information content (AvgIpc) is 3.27. The van der Waals surface area contributed by atoms with Gasteiger partial charge < -0.3 is 15.4 Å². The van der Waals surface area contributed by atoms with Crippen molar-refractivity contribution in [3.63, 3.8) is 0 Å². The van der Waals surface area contributed by atoms with Gasteiger partial charge in [-0.25, -0.2) is 4.79 Å². The van der Waals surface area contributed by atoms with Crippen LogP contribution in [0, 0.1) is 0 Å². The van der Waals surface area contributed by atoms with Gasteiger partial charge in [0.25, 0.3) is 5.91 Å². The molecule has 1 saturated carbocycles. The van der Waals surface area contributed by atoms with Gasteiger partial charge in [0.15, 0.2) is 6.04 Å². The van der Waals surface area contributed by atoms with Crippen LogP contribution in [-0.4, -0.2) is 30.4 Å². The summed E-state index contributed by atoms with van der Waals surface area (Å²) >= 11 is 1.41. The number of fused-ring (bicyclic) bond motifs is 1. The molecular weight excluding hydrogens is 424 g/mol. The molecule has 2 N–H and O–H groups in total. The molecule has 1 fully saturated rings. The number of carbonyl (C=O) groups is 3. The van der Waals surface area contributed by atoms with E-state index in [0.29, 0.717) is 23.3 Å². The van der Waals surface area contributed by atoms with Crippen LogP contribution in [0.2, 0.25) is 0 Å². The van der Waals surface area contributed by atoms with E-state index in [1.807, 2.05) is 36.4 Å². The topological polar surface area (TPSA) is 84.5 Å². The second-order valence-corrected chi connectivity index (χ2v) is 9.17. The lowest BCUT2D eigenvalue weighted by Crippen LogP contribution is -2.60. The van der Waals surface area contributed by atoms with Crippen LogP contribution in [0.3, 0.4) is 0 Å². The molecular formula is C25H26N2O4S. The minimum Gasteiger partial charge on any atom is -0.467 e. The second kappa shape index (κ2) is 9.53. The third-order valence-corrected chi connectivity index (χ3v) is 7.10. The SMILES string of the molecule is COC(=O)[C@@H](NC(=O)C1(NC(=O)c2cc3ccccc3s2)CCCCC1)c1ccccc1. The molecule has 2 aromatic carbocycles. The van der Waals surface area contributed by atoms with E-state index >= 15 is 0 Å². The molecule has 3 aromatic rings. The molecule has 1 heterocycles. The normalized spacial score (nSPS) is 16.2. The van der Waals surface area contributed by atoms with Gasteiger partial charge in [0.1, 0.15) is 5.54 Å². The molecule has 1 aromatic heterocycles. The maximum atomic E-state index is 13.5. The number of ether oxygens (including phenoxy) is 1. The van der Waals surface area contributed by atoms with Crippen LogP contribution in [-0.2, 0) is 14.3 Å². The number of benzene rings is 2. The predicted octanol–water partition coefficient (Wildman–Crippen LogP) is 4.36. The molecule has 1 atom stereocenters. The Kier molecular flexibility index (Phi) is 6.55. The molecule has 7 heteroatoms. The summed E-state index contributed by atoms with van der Waals surface area (Å²) in [6.07, 6.45) is 3.71. The number of thiophene rings is 1. The number of hydrogen-bond acceptors (Lipinski definition) is 5. The minimum atomic E-state index is -1.06. The van der Waals surface area contributed by atoms with E-state index in [0.717, 1.165) is 29.3 Å². The van der Waals surface area contributed by atoms with Crippen LogP contribution < -0.4 is 10.6 Å². The third-order valence-electron chi connectivity index (χ3n) is 5.99. The van der Waals surface area contributed by atoms with E-state index in [2.05, 4.69) is 10.6 Å². The molecule has 0 radical (unpaired) electrons. The van der Waals surface area contributed by atoms with E-state index in [1.165, 1.54) is 18.4 Å². The first-order valence-electron chi connectivity index (χ1n) is 10.8. The number of esters is 1. The van der Waals surface area contributed by atoms with E-state index in [4.69, 9.17) is 4.74 Å². The number of hydrogen-bond donors (Lipinski definition) is 2. The van der Waals surface area contributed by atoms with Crippen LogP contribution >= 0.6 is 11.3 Å². The van der Waals surface area contributed by atoms with Crippen LogP contribution in [0.15, 0.2) is 60.7 Å². The fourth-order valence-electron chi connectivity index (χ4n) is 4.25. The van der Waals surface area contributed by atoms with Gasteiger partial charge in [-0.3, -0.25) is 9.59 Å². The number of carbonyl (C=O) groups excluding carboxylic acids is 3. The number of nitrogens with one attached hydrogen (secondary N) is 2. The molecule has 1 aliphatic rings. The van der Waals surface area contributed by atoms with E-state index in [1.54, 1.807) is 24.3 Å². The van der Waals surface area contributed by atoms with Crippen molar-refractivity contribution in [1.29, 1.82) is 0 Å². The van der Waals surface area contributed by atoms with Crippen LogP contribution in [0.1, 0.15) is 53.4 Å². The van der Waals surface area contributed by atoms with Crippen molar-refractivity contribution in [2.24, 2.45) is 0 Å². The highest BCUT2D eigenvalue weighted by Crippen LogP contribution is 2.31. The summed E-state index contributed by atoms with van der Waals surface area (Å²) in [5.41, 5.74) is -0.429. The highest BCUT2D eigenvalue weighted by atomic mass is 32.1. The summed E-state index contributed by atoms with van der Waals surface area (Å²) in [6.45, 7) is 0. The molecule has 4 rings (SSSR count). The maximum Gasteiger partial charge on any atom is 0.333 e. The zero-order valence-corrected chi connectivity index (χ0v) is 18.7. The van der Waals surface area contributed by atoms with Gasteiger partial charge in [-0.15, -0.1) is 11.3 Å². The quantitative estimate of drug-likeness (QED) is 0.547. The van der Waals surface area contributed by atoms with Gasteiger partial charge >= 0.3 is 5.97 Å². The third kappa shape index (κ3) is 4.53. The van der Waals surface area contributed by atoms with Gasteiger partial charge in [-0.2, -0.15) is 0 Å². The van der Waals surface area contributed by atoms with E-state index in [-0.39, 0.29) is 11.8 Å². The van der Waals surface area contributed by atoms with Gasteiger partial charge in [-0.05, 0) is 35.9 Å². The molecule has 0 bridgehead atoms. The summed E-state index contributed by atoms with van der Waals surface area (Å²) < 4.78 is 5.96. The van der Waals surface area contributed by atoms with Crippen LogP contribution in [0.4, 0.5) is 0 Å². The standard InChI is InChI=1S/C25H26N2O4S/c1-31-23(29)21(17-10-4-2-5-11-17)26-24(30)25(14-8-3-9-15-25)27-22(28)20-16-18-12-6-7-13-19(18)32-20/h2,4-7,10-13,16,21H,3,8-9,14-15H2,1H3,(H,26,30)(H,27,28)/t21-/m0/s1. The Morgan fingerprint density at radius 1 is 0.969 bits per heavy atom. The fraction of sp³-hybridized carbons (Fsp3) is 0.320. The van der Waals surface area contributed by atoms with Crippen LogP contribution in [0.25, 0.3) is 10.1 Å². The van der Waals surface area contributed by atoms with Crippen molar-refractivity contribution >= 4 is 39.2 Å². The van der Waals surface area contributed by atoms with E-state index < -0.39 is 17.6 Å². The Bertz CT molecular complexity index is 1090. The van der Waals surface area contributed by atoms with Crippen molar-refractivity contribution in [1.82, 2.24) is 10.6 Å². The zero-order valence-electron chi connectivity index (χ0n) is 17.9. The Hall–Kier alpha value is -3.19. The first-order chi connectivity index (χ1) is 15.5. The largest absolute Gasteiger partial charge is 0.467 e. The van der Waals surface area contributed by atoms with Gasteiger partial charge in [0.2, 0.25) is 5.91 Å². The number of methoxy groups -OCH3 is 1. The summed E-state index contributed by atoms with van der Waals surface area (Å²) in [5.74, 6) is -1.17. The Morgan fingerprint density at radius 3 is 2.34 bits per heavy atom. The Morgan fingerprint density at radius 2 is 1.66 bits per heavy atom. The van der Waals surface area contributed by atoms with Gasteiger partial charge in [0, 0.05) is 4.70 Å². The molecule has 0 unspecified atom stereocenters. The molecule has 166 valence electrons. The van der Waals surface area contributed by atoms with Gasteiger partial charge in [-0.1, -0.05) is 67.8 Å². The summed E-state index contributed by atoms with van der Waals surface area (Å²) in [4.78, 5) is 39.7. The molecule has 6 nitrogen and oxygen atoms in total. The number of rotatable bonds is 6. The highest BCUT2D eigenvalue weighted by Gasteiger charge is 2.43. The van der Waals surface area contributed by atoms with E-state index in [9.17, 15) is 14.4 Å². The maximum absolute atomic E-state index is 13.5. The van der Waals surface area contributed by atoms with Crippen LogP contribution in [0.5, 0.6) is 0 Å². The molecule has 32 heavy (non-hydrogen) atoms. The molecule has 0 saturated heterocycles. The predicted molar refractivity (Wildman–Crippen MR) is 124 cm³/mol. The monoisotopic (exact) mass is 450 g/mol. The fourth-order valence-corrected chi connectivity index (χ4v) is 5.21. The van der Waals surface area contributed by atoms with Gasteiger partial charge in [0.05, 0.1) is 12.0 Å². The van der Waals surface area contributed by atoms with Crippen molar-refractivity contribution in [2.75, 3.05) is 7.11 Å². The summed E-state index contributed by atoms with van der Waals surface area (Å²) in [6, 6.07) is 17.7. The summed E-state index contributed by atoms with van der Waals surface area (Å²) in [7, 11) is 1.30. The lowest BCUT2D eigenvalue weighted by Gasteiger charge is -2.37. The smallest absolute Gasteiger partial charge is 0.333 e. The number of amides is 2. The second-order valence-electron chi connectivity index (χ2n) is 8.09. The Balaban J connectivity index is 1.59. The van der Waals surface area contributed by atoms with Crippen molar-refractivity contribution in [3.05, 3.63) is 71.1 Å². The van der Waals surface area contributed by atoms with Crippen molar-refractivity contribution in [2.45, 2.75) is 43.7 Å².